The standard InChI is InChI=1S/C13H25ClN2O3S/c1-15(7-8-19-11-12-4-5-12)20(17,18)16-6-2-3-13(9-14)10-16/h12-13H,2-11H2,1H3. The molecule has 0 spiro atoms. The van der Waals surface area contributed by atoms with Gasteiger partial charge in [-0.05, 0) is 37.5 Å². The largest absolute Gasteiger partial charge is 0.380 e. The third kappa shape index (κ3) is 4.56. The Bertz CT molecular complexity index is 400. The number of nitrogens with zero attached hydrogens (tertiary/aromatic N) is 2. The van der Waals surface area contributed by atoms with Crippen LogP contribution < -0.4 is 0 Å². The van der Waals surface area contributed by atoms with Crippen molar-refractivity contribution in [1.82, 2.24) is 8.61 Å². The van der Waals surface area contributed by atoms with Gasteiger partial charge in [0.25, 0.3) is 10.2 Å². The van der Waals surface area contributed by atoms with E-state index in [1.54, 1.807) is 11.4 Å². The van der Waals surface area contributed by atoms with Crippen molar-refractivity contribution in [2.24, 2.45) is 11.8 Å². The Balaban J connectivity index is 1.77. The Morgan fingerprint density at radius 2 is 2.05 bits per heavy atom. The molecular formula is C13H25ClN2O3S. The summed E-state index contributed by atoms with van der Waals surface area (Å²) in [5.41, 5.74) is 0. The summed E-state index contributed by atoms with van der Waals surface area (Å²) in [5, 5.41) is 0. The van der Waals surface area contributed by atoms with E-state index >= 15 is 0 Å². The Hall–Kier alpha value is 0.120. The highest BCUT2D eigenvalue weighted by Crippen LogP contribution is 2.28. The van der Waals surface area contributed by atoms with Crippen LogP contribution in [0.4, 0.5) is 0 Å². The second kappa shape index (κ2) is 7.40. The Morgan fingerprint density at radius 3 is 2.70 bits per heavy atom. The van der Waals surface area contributed by atoms with Crippen molar-refractivity contribution in [2.75, 3.05) is 45.8 Å². The fourth-order valence-corrected chi connectivity index (χ4v) is 4.11. The monoisotopic (exact) mass is 324 g/mol. The van der Waals surface area contributed by atoms with E-state index in [4.69, 9.17) is 16.3 Å². The van der Waals surface area contributed by atoms with E-state index in [1.165, 1.54) is 17.1 Å². The van der Waals surface area contributed by atoms with E-state index in [2.05, 4.69) is 0 Å². The minimum absolute atomic E-state index is 0.278. The van der Waals surface area contributed by atoms with Crippen molar-refractivity contribution in [1.29, 1.82) is 0 Å². The molecule has 20 heavy (non-hydrogen) atoms. The molecule has 7 heteroatoms. The lowest BCUT2D eigenvalue weighted by molar-refractivity contribution is 0.115. The molecule has 118 valence electrons. The van der Waals surface area contributed by atoms with Gasteiger partial charge in [-0.15, -0.1) is 11.6 Å². The summed E-state index contributed by atoms with van der Waals surface area (Å²) in [6.07, 6.45) is 4.41. The van der Waals surface area contributed by atoms with Crippen LogP contribution in [0.3, 0.4) is 0 Å². The summed E-state index contributed by atoms with van der Waals surface area (Å²) in [6.45, 7) is 2.80. The van der Waals surface area contributed by atoms with E-state index in [-0.39, 0.29) is 5.92 Å². The molecule has 1 atom stereocenters. The maximum atomic E-state index is 12.4. The molecule has 1 heterocycles. The lowest BCUT2D eigenvalue weighted by Crippen LogP contribution is -2.47. The Morgan fingerprint density at radius 1 is 1.30 bits per heavy atom. The molecule has 2 fully saturated rings. The molecule has 2 aliphatic rings. The van der Waals surface area contributed by atoms with Crippen molar-refractivity contribution in [2.45, 2.75) is 25.7 Å². The van der Waals surface area contributed by atoms with E-state index in [0.717, 1.165) is 19.4 Å². The van der Waals surface area contributed by atoms with Crippen molar-refractivity contribution >= 4 is 21.8 Å². The molecule has 1 saturated heterocycles. The van der Waals surface area contributed by atoms with Gasteiger partial charge < -0.3 is 4.74 Å². The summed E-state index contributed by atoms with van der Waals surface area (Å²) in [6, 6.07) is 0. The predicted octanol–water partition coefficient (Wildman–Crippen LogP) is 1.54. The summed E-state index contributed by atoms with van der Waals surface area (Å²) in [4.78, 5) is 0. The Kier molecular flexibility index (Phi) is 6.10. The highest BCUT2D eigenvalue weighted by molar-refractivity contribution is 7.86. The SMILES string of the molecule is CN(CCOCC1CC1)S(=O)(=O)N1CCCC(CCl)C1. The van der Waals surface area contributed by atoms with Crippen LogP contribution in [0, 0.1) is 11.8 Å². The summed E-state index contributed by atoms with van der Waals surface area (Å²) >= 11 is 5.86. The van der Waals surface area contributed by atoms with Gasteiger partial charge in [-0.25, -0.2) is 0 Å². The predicted molar refractivity (Wildman–Crippen MR) is 80.1 cm³/mol. The van der Waals surface area contributed by atoms with Gasteiger partial charge in [0.2, 0.25) is 0 Å². The zero-order chi connectivity index (χ0) is 14.6. The van der Waals surface area contributed by atoms with Gasteiger partial charge in [0.05, 0.1) is 6.61 Å². The van der Waals surface area contributed by atoms with Crippen LogP contribution in [0.15, 0.2) is 0 Å². The fourth-order valence-electron chi connectivity index (χ4n) is 2.40. The van der Waals surface area contributed by atoms with Crippen LogP contribution >= 0.6 is 11.6 Å². The van der Waals surface area contributed by atoms with Gasteiger partial charge in [-0.3, -0.25) is 0 Å². The molecular weight excluding hydrogens is 300 g/mol. The smallest absolute Gasteiger partial charge is 0.281 e. The molecule has 0 aromatic carbocycles. The van der Waals surface area contributed by atoms with Gasteiger partial charge in [0.1, 0.15) is 0 Å². The van der Waals surface area contributed by atoms with Crippen LogP contribution in [-0.4, -0.2) is 62.8 Å². The minimum atomic E-state index is -3.36. The first-order valence-electron chi connectivity index (χ1n) is 7.39. The number of halogens is 1. The molecule has 0 N–H and O–H groups in total. The topological polar surface area (TPSA) is 49.9 Å². The molecule has 1 aliphatic carbocycles. The lowest BCUT2D eigenvalue weighted by atomic mass is 10.0. The fraction of sp³-hybridized carbons (Fsp3) is 1.00. The van der Waals surface area contributed by atoms with Gasteiger partial charge in [-0.2, -0.15) is 17.0 Å². The number of piperidine rings is 1. The van der Waals surface area contributed by atoms with E-state index in [0.29, 0.717) is 38.0 Å². The molecule has 2 rings (SSSR count). The number of hydrogen-bond donors (Lipinski definition) is 0. The molecule has 0 amide bonds. The minimum Gasteiger partial charge on any atom is -0.380 e. The molecule has 1 unspecified atom stereocenters. The van der Waals surface area contributed by atoms with Crippen LogP contribution in [0.1, 0.15) is 25.7 Å². The number of likely N-dealkylation sites (N-methyl/N-ethyl adjacent to an activating group) is 1. The van der Waals surface area contributed by atoms with Gasteiger partial charge in [0.15, 0.2) is 0 Å². The summed E-state index contributed by atoms with van der Waals surface area (Å²) < 4.78 is 33.3. The van der Waals surface area contributed by atoms with E-state index in [1.807, 2.05) is 0 Å². The highest BCUT2D eigenvalue weighted by Gasteiger charge is 2.31. The van der Waals surface area contributed by atoms with Crippen molar-refractivity contribution < 1.29 is 13.2 Å². The van der Waals surface area contributed by atoms with Crippen molar-refractivity contribution in [3.63, 3.8) is 0 Å². The number of rotatable bonds is 8. The van der Waals surface area contributed by atoms with E-state index < -0.39 is 10.2 Å². The van der Waals surface area contributed by atoms with Gasteiger partial charge >= 0.3 is 0 Å². The zero-order valence-corrected chi connectivity index (χ0v) is 13.7. The van der Waals surface area contributed by atoms with Crippen LogP contribution in [-0.2, 0) is 14.9 Å². The highest BCUT2D eigenvalue weighted by atomic mass is 35.5. The van der Waals surface area contributed by atoms with Crippen LogP contribution in [0.5, 0.6) is 0 Å². The third-order valence-electron chi connectivity index (χ3n) is 4.02. The first-order valence-corrected chi connectivity index (χ1v) is 9.32. The molecule has 0 bridgehead atoms. The summed E-state index contributed by atoms with van der Waals surface area (Å²) in [5.74, 6) is 1.52. The average Bonchev–Trinajstić information content (AvgIpc) is 3.27. The first kappa shape index (κ1) is 16.5. The van der Waals surface area contributed by atoms with Crippen molar-refractivity contribution in [3.05, 3.63) is 0 Å². The average molecular weight is 325 g/mol. The number of hydrogen-bond acceptors (Lipinski definition) is 3. The first-order chi connectivity index (χ1) is 9.54. The zero-order valence-electron chi connectivity index (χ0n) is 12.1. The van der Waals surface area contributed by atoms with Crippen LogP contribution in [0.25, 0.3) is 0 Å². The number of ether oxygens (including phenoxy) is 1. The Labute approximate surface area is 127 Å². The second-order valence-corrected chi connectivity index (χ2v) is 8.21. The van der Waals surface area contributed by atoms with Gasteiger partial charge in [-0.1, -0.05) is 0 Å². The molecule has 0 radical (unpaired) electrons. The molecule has 0 aromatic heterocycles. The van der Waals surface area contributed by atoms with Crippen LogP contribution in [0.2, 0.25) is 0 Å². The number of alkyl halides is 1. The maximum Gasteiger partial charge on any atom is 0.281 e. The molecule has 1 aliphatic heterocycles. The molecule has 5 nitrogen and oxygen atoms in total. The summed E-state index contributed by atoms with van der Waals surface area (Å²) in [7, 11) is -1.74. The van der Waals surface area contributed by atoms with Crippen molar-refractivity contribution in [3.8, 4) is 0 Å². The lowest BCUT2D eigenvalue weighted by Gasteiger charge is -2.33. The maximum absolute atomic E-state index is 12.4. The molecule has 0 aromatic rings. The quantitative estimate of drug-likeness (QED) is 0.502. The third-order valence-corrected chi connectivity index (χ3v) is 6.41. The normalized spacial score (nSPS) is 25.2. The van der Waals surface area contributed by atoms with Gasteiger partial charge in [0, 0.05) is 39.2 Å². The van der Waals surface area contributed by atoms with E-state index in [9.17, 15) is 8.42 Å². The molecule has 1 saturated carbocycles. The second-order valence-electron chi connectivity index (χ2n) is 5.87.